The number of nitriles is 1. The number of aliphatic hydroxyl groups excluding tert-OH is 1. The topological polar surface area (TPSA) is 61.8 Å². The zero-order valence-electron chi connectivity index (χ0n) is 9.57. The molecule has 1 N–H and O–H groups in total. The lowest BCUT2D eigenvalue weighted by Crippen LogP contribution is -2.15. The molecule has 0 fully saturated rings. The predicted molar refractivity (Wildman–Crippen MR) is 70.0 cm³/mol. The number of hydrogen-bond donors (Lipinski definition) is 1. The number of hydrogen-bond acceptors (Lipinski definition) is 3. The molecule has 0 aromatic carbocycles. The van der Waals surface area contributed by atoms with Gasteiger partial charge in [0.2, 0.25) is 0 Å². The largest absolute Gasteiger partial charge is 0.392 e. The van der Waals surface area contributed by atoms with Crippen LogP contribution >= 0.6 is 22.6 Å². The Hall–Kier alpha value is -0.610. The molecule has 5 heteroatoms. The zero-order valence-corrected chi connectivity index (χ0v) is 11.7. The van der Waals surface area contributed by atoms with Gasteiger partial charge in [-0.25, -0.2) is 4.98 Å². The molecule has 0 aliphatic carbocycles. The molecule has 1 atom stereocenters. The Balaban J connectivity index is 3.00. The van der Waals surface area contributed by atoms with Crippen molar-refractivity contribution in [3.63, 3.8) is 0 Å². The van der Waals surface area contributed by atoms with Crippen molar-refractivity contribution in [3.05, 3.63) is 15.2 Å². The van der Waals surface area contributed by atoms with Crippen LogP contribution in [0.4, 0.5) is 0 Å². The number of nitrogens with zero attached hydrogens (tertiary/aromatic N) is 3. The first-order valence-corrected chi connectivity index (χ1v) is 6.51. The van der Waals surface area contributed by atoms with Gasteiger partial charge in [0.25, 0.3) is 0 Å². The highest BCUT2D eigenvalue weighted by atomic mass is 127. The Bertz CT molecular complexity index is 393. The Kier molecular flexibility index (Phi) is 5.22. The van der Waals surface area contributed by atoms with Crippen LogP contribution < -0.4 is 0 Å². The summed E-state index contributed by atoms with van der Waals surface area (Å²) >= 11 is 2.11. The van der Waals surface area contributed by atoms with Crippen molar-refractivity contribution in [2.45, 2.75) is 45.8 Å². The van der Waals surface area contributed by atoms with Crippen LogP contribution in [-0.4, -0.2) is 20.8 Å². The highest BCUT2D eigenvalue weighted by molar-refractivity contribution is 14.1. The van der Waals surface area contributed by atoms with Crippen molar-refractivity contribution in [1.82, 2.24) is 9.55 Å². The highest BCUT2D eigenvalue weighted by Gasteiger charge is 2.15. The Morgan fingerprint density at radius 3 is 2.81 bits per heavy atom. The van der Waals surface area contributed by atoms with Crippen molar-refractivity contribution in [1.29, 1.82) is 5.26 Å². The molecule has 0 spiro atoms. The van der Waals surface area contributed by atoms with Gasteiger partial charge in [0.15, 0.2) is 5.69 Å². The third-order valence-electron chi connectivity index (χ3n) is 2.29. The first-order chi connectivity index (χ1) is 7.60. The molecule has 4 nitrogen and oxygen atoms in total. The standard InChI is InChI=1S/C11H16IN3O/c1-3-4-5-10-14-9(6-13)11(12)15(10)7-8(2)16/h8,16H,3-5,7H2,1-2H3. The van der Waals surface area contributed by atoms with Crippen LogP contribution in [-0.2, 0) is 13.0 Å². The van der Waals surface area contributed by atoms with Crippen LogP contribution in [0.3, 0.4) is 0 Å². The molecule has 1 aromatic rings. The van der Waals surface area contributed by atoms with E-state index in [1.54, 1.807) is 6.92 Å². The van der Waals surface area contributed by atoms with Crippen LogP contribution in [0.1, 0.15) is 38.2 Å². The molecule has 0 radical (unpaired) electrons. The van der Waals surface area contributed by atoms with Crippen LogP contribution in [0, 0.1) is 15.0 Å². The number of aliphatic hydroxyl groups is 1. The monoisotopic (exact) mass is 333 g/mol. The fourth-order valence-electron chi connectivity index (χ4n) is 1.52. The molecule has 0 saturated heterocycles. The average Bonchev–Trinajstić information content (AvgIpc) is 2.53. The second-order valence-electron chi connectivity index (χ2n) is 3.84. The number of aryl methyl sites for hydroxylation is 1. The van der Waals surface area contributed by atoms with Gasteiger partial charge in [-0.1, -0.05) is 13.3 Å². The van der Waals surface area contributed by atoms with Crippen molar-refractivity contribution < 1.29 is 5.11 Å². The number of unbranched alkanes of at least 4 members (excludes halogenated alkanes) is 1. The molecular weight excluding hydrogens is 317 g/mol. The van der Waals surface area contributed by atoms with E-state index in [9.17, 15) is 5.11 Å². The molecule has 1 rings (SSSR count). The van der Waals surface area contributed by atoms with Crippen LogP contribution in [0.25, 0.3) is 0 Å². The summed E-state index contributed by atoms with van der Waals surface area (Å²) in [6.07, 6.45) is 2.59. The fraction of sp³-hybridized carbons (Fsp3) is 0.636. The fourth-order valence-corrected chi connectivity index (χ4v) is 2.24. The smallest absolute Gasteiger partial charge is 0.172 e. The quantitative estimate of drug-likeness (QED) is 0.840. The maximum atomic E-state index is 9.43. The Morgan fingerprint density at radius 1 is 1.62 bits per heavy atom. The van der Waals surface area contributed by atoms with Gasteiger partial charge in [0.1, 0.15) is 15.6 Å². The van der Waals surface area contributed by atoms with Crippen molar-refractivity contribution >= 4 is 22.6 Å². The van der Waals surface area contributed by atoms with E-state index in [1.165, 1.54) is 0 Å². The molecule has 1 heterocycles. The van der Waals surface area contributed by atoms with Gasteiger partial charge in [0, 0.05) is 6.42 Å². The predicted octanol–water partition coefficient (Wildman–Crippen LogP) is 2.08. The summed E-state index contributed by atoms with van der Waals surface area (Å²) in [5.41, 5.74) is 0.465. The summed E-state index contributed by atoms with van der Waals surface area (Å²) in [5, 5.41) is 18.3. The third-order valence-corrected chi connectivity index (χ3v) is 3.38. The molecule has 1 aromatic heterocycles. The molecule has 0 bridgehead atoms. The Morgan fingerprint density at radius 2 is 2.31 bits per heavy atom. The van der Waals surface area contributed by atoms with E-state index in [0.717, 1.165) is 28.8 Å². The average molecular weight is 333 g/mol. The van der Waals surface area contributed by atoms with Crippen LogP contribution in [0.2, 0.25) is 0 Å². The lowest BCUT2D eigenvalue weighted by Gasteiger charge is -2.10. The second-order valence-corrected chi connectivity index (χ2v) is 4.86. The van der Waals surface area contributed by atoms with Crippen LogP contribution in [0.5, 0.6) is 0 Å². The van der Waals surface area contributed by atoms with Gasteiger partial charge in [-0.15, -0.1) is 0 Å². The molecule has 0 aliphatic heterocycles. The molecule has 0 saturated carbocycles. The zero-order chi connectivity index (χ0) is 12.1. The van der Waals surface area contributed by atoms with Gasteiger partial charge in [-0.3, -0.25) is 0 Å². The molecule has 0 amide bonds. The molecule has 88 valence electrons. The maximum absolute atomic E-state index is 9.43. The van der Waals surface area contributed by atoms with Crippen molar-refractivity contribution in [2.75, 3.05) is 0 Å². The van der Waals surface area contributed by atoms with Gasteiger partial charge < -0.3 is 9.67 Å². The summed E-state index contributed by atoms with van der Waals surface area (Å²) < 4.78 is 2.77. The highest BCUT2D eigenvalue weighted by Crippen LogP contribution is 2.16. The summed E-state index contributed by atoms with van der Waals surface area (Å²) in [6, 6.07) is 2.08. The third kappa shape index (κ3) is 3.19. The number of halogens is 1. The summed E-state index contributed by atoms with van der Waals surface area (Å²) in [6.45, 7) is 4.37. The lowest BCUT2D eigenvalue weighted by atomic mass is 10.2. The summed E-state index contributed by atoms with van der Waals surface area (Å²) in [4.78, 5) is 4.30. The summed E-state index contributed by atoms with van der Waals surface area (Å²) in [5.74, 6) is 0.906. The minimum Gasteiger partial charge on any atom is -0.392 e. The van der Waals surface area contributed by atoms with Gasteiger partial charge in [-0.05, 0) is 35.9 Å². The SMILES string of the molecule is CCCCc1nc(C#N)c(I)n1CC(C)O. The normalized spacial score (nSPS) is 12.4. The Labute approximate surface area is 109 Å². The minimum atomic E-state index is -0.422. The van der Waals surface area contributed by atoms with Gasteiger partial charge >= 0.3 is 0 Å². The first kappa shape index (κ1) is 13.5. The molecule has 16 heavy (non-hydrogen) atoms. The van der Waals surface area contributed by atoms with E-state index in [2.05, 4.69) is 40.6 Å². The molecule has 1 unspecified atom stereocenters. The van der Waals surface area contributed by atoms with Crippen molar-refractivity contribution in [2.24, 2.45) is 0 Å². The number of aromatic nitrogens is 2. The van der Waals surface area contributed by atoms with E-state index in [1.807, 2.05) is 4.57 Å². The maximum Gasteiger partial charge on any atom is 0.172 e. The van der Waals surface area contributed by atoms with Gasteiger partial charge in [-0.2, -0.15) is 5.26 Å². The van der Waals surface area contributed by atoms with Gasteiger partial charge in [0.05, 0.1) is 12.6 Å². The van der Waals surface area contributed by atoms with E-state index >= 15 is 0 Å². The van der Waals surface area contributed by atoms with Crippen LogP contribution in [0.15, 0.2) is 0 Å². The van der Waals surface area contributed by atoms with E-state index < -0.39 is 6.10 Å². The molecular formula is C11H16IN3O. The van der Waals surface area contributed by atoms with E-state index in [4.69, 9.17) is 5.26 Å². The van der Waals surface area contributed by atoms with Crippen molar-refractivity contribution in [3.8, 4) is 6.07 Å². The minimum absolute atomic E-state index is 0.422. The van der Waals surface area contributed by atoms with E-state index in [-0.39, 0.29) is 0 Å². The van der Waals surface area contributed by atoms with E-state index in [0.29, 0.717) is 12.2 Å². The lowest BCUT2D eigenvalue weighted by molar-refractivity contribution is 0.171. The first-order valence-electron chi connectivity index (χ1n) is 5.43. The summed E-state index contributed by atoms with van der Waals surface area (Å²) in [7, 11) is 0. The number of imidazole rings is 1. The number of rotatable bonds is 5. The second kappa shape index (κ2) is 6.21. The molecule has 0 aliphatic rings.